The van der Waals surface area contributed by atoms with Crippen LogP contribution in [0.4, 0.5) is 5.82 Å². The van der Waals surface area contributed by atoms with Crippen molar-refractivity contribution in [1.29, 1.82) is 0 Å². The van der Waals surface area contributed by atoms with E-state index in [1.165, 1.54) is 0 Å². The van der Waals surface area contributed by atoms with Crippen LogP contribution in [0.3, 0.4) is 0 Å². The number of rotatable bonds is 2. The summed E-state index contributed by atoms with van der Waals surface area (Å²) in [5, 5.41) is 6.68. The first-order valence-corrected chi connectivity index (χ1v) is 5.92. The molecular formula is C13H15N5. The van der Waals surface area contributed by atoms with Crippen LogP contribution in [0.2, 0.25) is 0 Å². The first-order valence-electron chi connectivity index (χ1n) is 5.92. The van der Waals surface area contributed by atoms with Crippen LogP contribution >= 0.6 is 0 Å². The SMILES string of the molecule is CC(C)n1cnc2cc(-c3cn[nH]c3N)ccc21. The number of benzene rings is 1. The van der Waals surface area contributed by atoms with Crippen LogP contribution in [0.1, 0.15) is 19.9 Å². The number of aromatic amines is 1. The number of hydrogen-bond acceptors (Lipinski definition) is 3. The number of nitrogen functional groups attached to an aromatic ring is 1. The number of aromatic nitrogens is 4. The molecule has 0 aliphatic heterocycles. The molecule has 0 saturated heterocycles. The summed E-state index contributed by atoms with van der Waals surface area (Å²) in [7, 11) is 0. The van der Waals surface area contributed by atoms with Gasteiger partial charge in [0.2, 0.25) is 0 Å². The third-order valence-electron chi connectivity index (χ3n) is 3.11. The van der Waals surface area contributed by atoms with Gasteiger partial charge in [-0.1, -0.05) is 6.07 Å². The molecule has 0 atom stereocenters. The van der Waals surface area contributed by atoms with E-state index in [4.69, 9.17) is 5.73 Å². The Morgan fingerprint density at radius 1 is 1.33 bits per heavy atom. The summed E-state index contributed by atoms with van der Waals surface area (Å²) < 4.78 is 2.15. The Bertz CT molecular complexity index is 692. The quantitative estimate of drug-likeness (QED) is 0.724. The van der Waals surface area contributed by atoms with Crippen molar-refractivity contribution in [2.45, 2.75) is 19.9 Å². The lowest BCUT2D eigenvalue weighted by Gasteiger charge is -2.08. The Labute approximate surface area is 105 Å². The number of hydrogen-bond donors (Lipinski definition) is 2. The van der Waals surface area contributed by atoms with Crippen molar-refractivity contribution in [3.05, 3.63) is 30.7 Å². The van der Waals surface area contributed by atoms with Crippen LogP contribution in [-0.2, 0) is 0 Å². The topological polar surface area (TPSA) is 72.5 Å². The summed E-state index contributed by atoms with van der Waals surface area (Å²) in [4.78, 5) is 4.43. The highest BCUT2D eigenvalue weighted by molar-refractivity contribution is 5.84. The van der Waals surface area contributed by atoms with E-state index in [0.717, 1.165) is 22.2 Å². The van der Waals surface area contributed by atoms with Gasteiger partial charge in [0.05, 0.1) is 23.6 Å². The van der Waals surface area contributed by atoms with Gasteiger partial charge in [0, 0.05) is 11.6 Å². The second-order valence-corrected chi connectivity index (χ2v) is 4.65. The molecule has 0 radical (unpaired) electrons. The molecule has 3 aromatic rings. The number of nitrogens with one attached hydrogen (secondary N) is 1. The molecular weight excluding hydrogens is 226 g/mol. The Balaban J connectivity index is 2.16. The zero-order valence-electron chi connectivity index (χ0n) is 10.4. The molecule has 0 saturated carbocycles. The van der Waals surface area contributed by atoms with Crippen LogP contribution in [-0.4, -0.2) is 19.7 Å². The summed E-state index contributed by atoms with van der Waals surface area (Å²) in [5.74, 6) is 0.581. The minimum Gasteiger partial charge on any atom is -0.384 e. The summed E-state index contributed by atoms with van der Waals surface area (Å²) in [5.41, 5.74) is 9.88. The fourth-order valence-corrected chi connectivity index (χ4v) is 2.14. The lowest BCUT2D eigenvalue weighted by Crippen LogP contribution is -1.97. The molecule has 92 valence electrons. The maximum Gasteiger partial charge on any atom is 0.126 e. The van der Waals surface area contributed by atoms with Gasteiger partial charge in [-0.15, -0.1) is 0 Å². The van der Waals surface area contributed by atoms with Gasteiger partial charge in [-0.3, -0.25) is 5.10 Å². The van der Waals surface area contributed by atoms with Crippen LogP contribution < -0.4 is 5.73 Å². The average Bonchev–Trinajstić information content (AvgIpc) is 2.93. The maximum absolute atomic E-state index is 5.83. The van der Waals surface area contributed by atoms with Crippen LogP contribution in [0.25, 0.3) is 22.2 Å². The van der Waals surface area contributed by atoms with Crippen molar-refractivity contribution in [1.82, 2.24) is 19.7 Å². The third-order valence-corrected chi connectivity index (χ3v) is 3.11. The predicted molar refractivity (Wildman–Crippen MR) is 72.1 cm³/mol. The second kappa shape index (κ2) is 3.87. The van der Waals surface area contributed by atoms with E-state index >= 15 is 0 Å². The fraction of sp³-hybridized carbons (Fsp3) is 0.231. The Morgan fingerprint density at radius 2 is 2.17 bits per heavy atom. The normalized spacial score (nSPS) is 11.5. The molecule has 5 nitrogen and oxygen atoms in total. The molecule has 0 aliphatic carbocycles. The van der Waals surface area contributed by atoms with Crippen molar-refractivity contribution < 1.29 is 0 Å². The first-order chi connectivity index (χ1) is 8.66. The molecule has 2 heterocycles. The first kappa shape index (κ1) is 10.8. The molecule has 0 amide bonds. The van der Waals surface area contributed by atoms with Gasteiger partial charge >= 0.3 is 0 Å². The molecule has 3 rings (SSSR count). The lowest BCUT2D eigenvalue weighted by atomic mass is 10.1. The van der Waals surface area contributed by atoms with E-state index in [1.807, 2.05) is 18.5 Å². The van der Waals surface area contributed by atoms with E-state index < -0.39 is 0 Å². The van der Waals surface area contributed by atoms with Gasteiger partial charge < -0.3 is 10.3 Å². The van der Waals surface area contributed by atoms with Gasteiger partial charge in [0.25, 0.3) is 0 Å². The van der Waals surface area contributed by atoms with Crippen molar-refractivity contribution in [3.63, 3.8) is 0 Å². The number of nitrogens with zero attached hydrogens (tertiary/aromatic N) is 3. The highest BCUT2D eigenvalue weighted by atomic mass is 15.1. The molecule has 0 bridgehead atoms. The van der Waals surface area contributed by atoms with Gasteiger partial charge in [-0.05, 0) is 31.5 Å². The third kappa shape index (κ3) is 1.55. The van der Waals surface area contributed by atoms with Crippen LogP contribution in [0.5, 0.6) is 0 Å². The van der Waals surface area contributed by atoms with Gasteiger partial charge in [-0.25, -0.2) is 4.98 Å². The number of anilines is 1. The van der Waals surface area contributed by atoms with Crippen LogP contribution in [0, 0.1) is 0 Å². The molecule has 1 aromatic carbocycles. The highest BCUT2D eigenvalue weighted by Gasteiger charge is 2.09. The number of imidazole rings is 1. The van der Waals surface area contributed by atoms with E-state index in [2.05, 4.69) is 39.7 Å². The summed E-state index contributed by atoms with van der Waals surface area (Å²) in [6.07, 6.45) is 3.60. The van der Waals surface area contributed by atoms with Gasteiger partial charge in [-0.2, -0.15) is 5.10 Å². The molecule has 0 fully saturated rings. The zero-order chi connectivity index (χ0) is 12.7. The summed E-state index contributed by atoms with van der Waals surface area (Å²) in [6.45, 7) is 4.28. The standard InChI is InChI=1S/C13H15N5/c1-8(2)18-7-15-11-5-9(3-4-12(11)18)10-6-16-17-13(10)14/h3-8H,1-2H3,(H3,14,16,17). The molecule has 0 aliphatic rings. The molecule has 18 heavy (non-hydrogen) atoms. The van der Waals surface area contributed by atoms with Gasteiger partial charge in [0.1, 0.15) is 5.82 Å². The fourth-order valence-electron chi connectivity index (χ4n) is 2.14. The smallest absolute Gasteiger partial charge is 0.126 e. The van der Waals surface area contributed by atoms with E-state index in [0.29, 0.717) is 11.9 Å². The van der Waals surface area contributed by atoms with Crippen molar-refractivity contribution in [2.75, 3.05) is 5.73 Å². The highest BCUT2D eigenvalue weighted by Crippen LogP contribution is 2.27. The number of fused-ring (bicyclic) bond motifs is 1. The average molecular weight is 241 g/mol. The molecule has 0 spiro atoms. The Morgan fingerprint density at radius 3 is 2.83 bits per heavy atom. The minimum atomic E-state index is 0.403. The van der Waals surface area contributed by atoms with E-state index in [9.17, 15) is 0 Å². The summed E-state index contributed by atoms with van der Waals surface area (Å²) >= 11 is 0. The largest absolute Gasteiger partial charge is 0.384 e. The second-order valence-electron chi connectivity index (χ2n) is 4.65. The zero-order valence-corrected chi connectivity index (χ0v) is 10.4. The van der Waals surface area contributed by atoms with E-state index in [1.54, 1.807) is 6.20 Å². The molecule has 0 unspecified atom stereocenters. The molecule has 5 heteroatoms. The Hall–Kier alpha value is -2.30. The molecule has 3 N–H and O–H groups in total. The number of nitrogens with two attached hydrogens (primary N) is 1. The lowest BCUT2D eigenvalue weighted by molar-refractivity contribution is 0.617. The maximum atomic E-state index is 5.83. The van der Waals surface area contributed by atoms with Crippen molar-refractivity contribution in [3.8, 4) is 11.1 Å². The number of H-pyrrole nitrogens is 1. The van der Waals surface area contributed by atoms with Crippen molar-refractivity contribution >= 4 is 16.9 Å². The minimum absolute atomic E-state index is 0.403. The molecule has 2 aromatic heterocycles. The van der Waals surface area contributed by atoms with Crippen molar-refractivity contribution in [2.24, 2.45) is 0 Å². The monoisotopic (exact) mass is 241 g/mol. The van der Waals surface area contributed by atoms with E-state index in [-0.39, 0.29) is 0 Å². The Kier molecular flexibility index (Phi) is 2.33. The summed E-state index contributed by atoms with van der Waals surface area (Å²) in [6, 6.07) is 6.56. The van der Waals surface area contributed by atoms with Gasteiger partial charge in [0.15, 0.2) is 0 Å². The predicted octanol–water partition coefficient (Wildman–Crippen LogP) is 2.59. The van der Waals surface area contributed by atoms with Crippen LogP contribution in [0.15, 0.2) is 30.7 Å².